The lowest BCUT2D eigenvalue weighted by Crippen LogP contribution is -2.15. The number of amides is 1. The van der Waals surface area contributed by atoms with E-state index in [-0.39, 0.29) is 5.91 Å². The zero-order valence-corrected chi connectivity index (χ0v) is 12.6. The Hall–Kier alpha value is -2.63. The highest BCUT2D eigenvalue weighted by molar-refractivity contribution is 5.91. The molecule has 2 aromatic rings. The van der Waals surface area contributed by atoms with Crippen LogP contribution < -0.4 is 5.32 Å². The van der Waals surface area contributed by atoms with Crippen LogP contribution in [0.3, 0.4) is 0 Å². The molecule has 0 fully saturated rings. The summed E-state index contributed by atoms with van der Waals surface area (Å²) in [7, 11) is 0. The number of aromatic nitrogens is 2. The number of nitrogens with zero attached hydrogens (tertiary/aromatic N) is 2. The molecule has 1 amide bonds. The second kappa shape index (κ2) is 6.89. The molecule has 0 aliphatic rings. The first-order valence-corrected chi connectivity index (χ1v) is 7.07. The Morgan fingerprint density at radius 2 is 2.18 bits per heavy atom. The molecular formula is C16H19N3O3. The number of aliphatic carboxylic acids is 1. The monoisotopic (exact) mass is 301 g/mol. The molecule has 0 spiro atoms. The Bertz CT molecular complexity index is 679. The maximum atomic E-state index is 11.9. The minimum absolute atomic E-state index is 0.131. The van der Waals surface area contributed by atoms with Gasteiger partial charge in [0.15, 0.2) is 0 Å². The van der Waals surface area contributed by atoms with Gasteiger partial charge in [-0.15, -0.1) is 0 Å². The second-order valence-corrected chi connectivity index (χ2v) is 5.26. The van der Waals surface area contributed by atoms with Crippen molar-refractivity contribution < 1.29 is 14.7 Å². The molecule has 116 valence electrons. The maximum absolute atomic E-state index is 11.9. The molecular weight excluding hydrogens is 282 g/mol. The van der Waals surface area contributed by atoms with E-state index in [1.54, 1.807) is 42.1 Å². The van der Waals surface area contributed by atoms with E-state index in [1.165, 1.54) is 0 Å². The van der Waals surface area contributed by atoms with E-state index >= 15 is 0 Å². The lowest BCUT2D eigenvalue weighted by Gasteiger charge is -2.10. The van der Waals surface area contributed by atoms with Gasteiger partial charge < -0.3 is 10.4 Å². The van der Waals surface area contributed by atoms with Gasteiger partial charge in [-0.3, -0.25) is 14.3 Å². The van der Waals surface area contributed by atoms with Gasteiger partial charge in [-0.05, 0) is 37.1 Å². The second-order valence-electron chi connectivity index (χ2n) is 5.26. The van der Waals surface area contributed by atoms with Crippen molar-refractivity contribution in [1.82, 2.24) is 9.78 Å². The van der Waals surface area contributed by atoms with Crippen LogP contribution in [0.2, 0.25) is 0 Å². The van der Waals surface area contributed by atoms with Crippen LogP contribution in [0.25, 0.3) is 0 Å². The fraction of sp³-hybridized carbons (Fsp3) is 0.312. The van der Waals surface area contributed by atoms with Crippen molar-refractivity contribution in [2.45, 2.75) is 32.7 Å². The fourth-order valence-corrected chi connectivity index (χ4v) is 2.06. The van der Waals surface area contributed by atoms with Crippen LogP contribution in [0.4, 0.5) is 5.69 Å². The lowest BCUT2D eigenvalue weighted by molar-refractivity contribution is -0.138. The molecule has 1 atom stereocenters. The molecule has 22 heavy (non-hydrogen) atoms. The lowest BCUT2D eigenvalue weighted by atomic mass is 10.0. The number of carboxylic acids is 1. The molecule has 1 unspecified atom stereocenters. The first-order chi connectivity index (χ1) is 10.5. The number of hydrogen-bond acceptors (Lipinski definition) is 3. The molecule has 2 rings (SSSR count). The van der Waals surface area contributed by atoms with Crippen LogP contribution in [-0.4, -0.2) is 26.8 Å². The highest BCUT2D eigenvalue weighted by Gasteiger charge is 2.14. The van der Waals surface area contributed by atoms with Crippen LogP contribution >= 0.6 is 0 Å². The van der Waals surface area contributed by atoms with Gasteiger partial charge in [0.05, 0.1) is 12.1 Å². The molecule has 0 aliphatic carbocycles. The van der Waals surface area contributed by atoms with Crippen molar-refractivity contribution in [2.24, 2.45) is 0 Å². The SMILES string of the molecule is Cc1cnn(CCC(=O)Nc2cccc(C(C)C(=O)O)c2)c1. The number of aryl methyl sites for hydroxylation is 2. The highest BCUT2D eigenvalue weighted by Crippen LogP contribution is 2.19. The van der Waals surface area contributed by atoms with Crippen LogP contribution in [0.15, 0.2) is 36.7 Å². The number of carbonyl (C=O) groups is 2. The zero-order chi connectivity index (χ0) is 16.1. The van der Waals surface area contributed by atoms with Crippen molar-refractivity contribution >= 4 is 17.6 Å². The highest BCUT2D eigenvalue weighted by atomic mass is 16.4. The Morgan fingerprint density at radius 1 is 1.41 bits per heavy atom. The Kier molecular flexibility index (Phi) is 4.93. The summed E-state index contributed by atoms with van der Waals surface area (Å²) < 4.78 is 1.72. The van der Waals surface area contributed by atoms with E-state index in [9.17, 15) is 9.59 Å². The van der Waals surface area contributed by atoms with Crippen LogP contribution in [0.1, 0.15) is 30.4 Å². The van der Waals surface area contributed by atoms with Crippen molar-refractivity contribution in [3.8, 4) is 0 Å². The van der Waals surface area contributed by atoms with Gasteiger partial charge in [0, 0.05) is 24.8 Å². The number of hydrogen-bond donors (Lipinski definition) is 2. The summed E-state index contributed by atoms with van der Waals surface area (Å²) in [5, 5.41) is 15.9. The molecule has 2 N–H and O–H groups in total. The van der Waals surface area contributed by atoms with Crippen molar-refractivity contribution in [3.63, 3.8) is 0 Å². The molecule has 1 heterocycles. The number of carboxylic acid groups (broad SMARTS) is 1. The van der Waals surface area contributed by atoms with Gasteiger partial charge in [0.1, 0.15) is 0 Å². The van der Waals surface area contributed by atoms with Crippen LogP contribution in [0.5, 0.6) is 0 Å². The topological polar surface area (TPSA) is 84.2 Å². The number of carbonyl (C=O) groups excluding carboxylic acids is 1. The number of rotatable bonds is 6. The number of anilines is 1. The molecule has 1 aromatic heterocycles. The first kappa shape index (κ1) is 15.8. The summed E-state index contributed by atoms with van der Waals surface area (Å²) in [5.41, 5.74) is 2.32. The minimum Gasteiger partial charge on any atom is -0.481 e. The van der Waals surface area contributed by atoms with E-state index in [2.05, 4.69) is 10.4 Å². The maximum Gasteiger partial charge on any atom is 0.310 e. The first-order valence-electron chi connectivity index (χ1n) is 7.07. The molecule has 1 aromatic carbocycles. The Labute approximate surface area is 128 Å². The average molecular weight is 301 g/mol. The van der Waals surface area contributed by atoms with Crippen LogP contribution in [-0.2, 0) is 16.1 Å². The van der Waals surface area contributed by atoms with Gasteiger partial charge in [0.2, 0.25) is 5.91 Å². The summed E-state index contributed by atoms with van der Waals surface area (Å²) in [6, 6.07) is 6.91. The summed E-state index contributed by atoms with van der Waals surface area (Å²) in [4.78, 5) is 22.9. The van der Waals surface area contributed by atoms with Gasteiger partial charge in [-0.1, -0.05) is 12.1 Å². The third-order valence-corrected chi connectivity index (χ3v) is 3.37. The largest absolute Gasteiger partial charge is 0.481 e. The van der Waals surface area contributed by atoms with Gasteiger partial charge in [-0.2, -0.15) is 5.10 Å². The smallest absolute Gasteiger partial charge is 0.310 e. The molecule has 0 saturated carbocycles. The Balaban J connectivity index is 1.93. The van der Waals surface area contributed by atoms with E-state index in [0.29, 0.717) is 24.2 Å². The van der Waals surface area contributed by atoms with Gasteiger partial charge in [0.25, 0.3) is 0 Å². The number of nitrogens with one attached hydrogen (secondary N) is 1. The molecule has 0 saturated heterocycles. The Morgan fingerprint density at radius 3 is 2.82 bits per heavy atom. The summed E-state index contributed by atoms with van der Waals surface area (Å²) >= 11 is 0. The molecule has 0 radical (unpaired) electrons. The summed E-state index contributed by atoms with van der Waals surface area (Å²) in [6.45, 7) is 4.06. The third-order valence-electron chi connectivity index (χ3n) is 3.37. The molecule has 6 nitrogen and oxygen atoms in total. The molecule has 0 bridgehead atoms. The predicted molar refractivity (Wildman–Crippen MR) is 82.7 cm³/mol. The standard InChI is InChI=1S/C16H19N3O3/c1-11-9-17-19(10-11)7-6-15(20)18-14-5-3-4-13(8-14)12(2)16(21)22/h3-5,8-10,12H,6-7H2,1-2H3,(H,18,20)(H,21,22). The predicted octanol–water partition coefficient (Wildman–Crippen LogP) is 2.41. The van der Waals surface area contributed by atoms with Crippen LogP contribution in [0, 0.1) is 6.92 Å². The summed E-state index contributed by atoms with van der Waals surface area (Å²) in [5.74, 6) is -1.63. The van der Waals surface area contributed by atoms with Crippen molar-refractivity contribution in [3.05, 3.63) is 47.8 Å². The fourth-order valence-electron chi connectivity index (χ4n) is 2.06. The minimum atomic E-state index is -0.891. The number of benzene rings is 1. The van der Waals surface area contributed by atoms with Gasteiger partial charge in [-0.25, -0.2) is 0 Å². The summed E-state index contributed by atoms with van der Waals surface area (Å²) in [6.07, 6.45) is 3.93. The third kappa shape index (κ3) is 4.18. The van der Waals surface area contributed by atoms with Crippen molar-refractivity contribution in [1.29, 1.82) is 0 Å². The van der Waals surface area contributed by atoms with E-state index in [1.807, 2.05) is 13.1 Å². The van der Waals surface area contributed by atoms with E-state index < -0.39 is 11.9 Å². The quantitative estimate of drug-likeness (QED) is 0.858. The van der Waals surface area contributed by atoms with Gasteiger partial charge >= 0.3 is 5.97 Å². The van der Waals surface area contributed by atoms with Crippen molar-refractivity contribution in [2.75, 3.05) is 5.32 Å². The average Bonchev–Trinajstić information content (AvgIpc) is 2.90. The molecule has 0 aliphatic heterocycles. The molecule has 6 heteroatoms. The normalized spacial score (nSPS) is 11.9. The van der Waals surface area contributed by atoms with E-state index in [4.69, 9.17) is 5.11 Å². The zero-order valence-electron chi connectivity index (χ0n) is 12.6. The van der Waals surface area contributed by atoms with E-state index in [0.717, 1.165) is 5.56 Å².